The van der Waals surface area contributed by atoms with E-state index in [2.05, 4.69) is 37.2 Å². The Morgan fingerprint density at radius 3 is 2.26 bits per heavy atom. The second-order valence-electron chi connectivity index (χ2n) is 3.99. The van der Waals surface area contributed by atoms with Gasteiger partial charge in [-0.3, -0.25) is 0 Å². The summed E-state index contributed by atoms with van der Waals surface area (Å²) >= 11 is 6.75. The number of rotatable bonds is 6. The Balaban J connectivity index is 2.42. The Kier molecular flexibility index (Phi) is 6.62. The molecule has 0 bridgehead atoms. The van der Waals surface area contributed by atoms with Gasteiger partial charge in [-0.05, 0) is 62.5 Å². The first-order valence-corrected chi connectivity index (χ1v) is 7.21. The summed E-state index contributed by atoms with van der Waals surface area (Å²) in [5, 5.41) is 2.98. The van der Waals surface area contributed by atoms with E-state index in [1.807, 2.05) is 12.1 Å². The molecular formula is C12H14Br2F3NO. The zero-order valence-corrected chi connectivity index (χ0v) is 13.5. The number of methoxy groups -OCH3 is 1. The third kappa shape index (κ3) is 6.14. The molecule has 1 N–H and O–H groups in total. The summed E-state index contributed by atoms with van der Waals surface area (Å²) < 4.78 is 42.6. The van der Waals surface area contributed by atoms with Crippen molar-refractivity contribution in [3.8, 4) is 5.75 Å². The number of alkyl halides is 3. The zero-order valence-electron chi connectivity index (χ0n) is 10.3. The SMILES string of the molecule is COc1c(Br)cc(CNCCCC(F)(F)F)cc1Br. The van der Waals surface area contributed by atoms with Crippen LogP contribution in [-0.4, -0.2) is 19.8 Å². The van der Waals surface area contributed by atoms with E-state index in [0.29, 0.717) is 18.8 Å². The normalized spacial score (nSPS) is 11.7. The summed E-state index contributed by atoms with van der Waals surface area (Å²) in [6.45, 7) is 0.847. The highest BCUT2D eigenvalue weighted by atomic mass is 79.9. The van der Waals surface area contributed by atoms with Crippen molar-refractivity contribution >= 4 is 31.9 Å². The van der Waals surface area contributed by atoms with Gasteiger partial charge in [0.2, 0.25) is 0 Å². The molecule has 0 aliphatic rings. The van der Waals surface area contributed by atoms with Gasteiger partial charge in [-0.25, -0.2) is 0 Å². The molecule has 0 heterocycles. The topological polar surface area (TPSA) is 21.3 Å². The van der Waals surface area contributed by atoms with E-state index in [1.165, 1.54) is 0 Å². The van der Waals surface area contributed by atoms with Crippen molar-refractivity contribution in [3.05, 3.63) is 26.6 Å². The highest BCUT2D eigenvalue weighted by molar-refractivity contribution is 9.11. The standard InChI is InChI=1S/C12H14Br2F3NO/c1-19-11-9(13)5-8(6-10(11)14)7-18-4-2-3-12(15,16)17/h5-6,18H,2-4,7H2,1H3. The van der Waals surface area contributed by atoms with E-state index in [-0.39, 0.29) is 6.42 Å². The molecule has 0 aromatic heterocycles. The van der Waals surface area contributed by atoms with Crippen LogP contribution < -0.4 is 10.1 Å². The number of ether oxygens (including phenoxy) is 1. The first kappa shape index (κ1) is 16.8. The fraction of sp³-hybridized carbons (Fsp3) is 0.500. The highest BCUT2D eigenvalue weighted by Gasteiger charge is 2.25. The van der Waals surface area contributed by atoms with Gasteiger partial charge < -0.3 is 10.1 Å². The van der Waals surface area contributed by atoms with Crippen molar-refractivity contribution < 1.29 is 17.9 Å². The van der Waals surface area contributed by atoms with Crippen molar-refractivity contribution in [2.75, 3.05) is 13.7 Å². The molecule has 108 valence electrons. The molecule has 1 rings (SSSR count). The Bertz CT molecular complexity index is 401. The van der Waals surface area contributed by atoms with Gasteiger partial charge in [-0.15, -0.1) is 0 Å². The monoisotopic (exact) mass is 403 g/mol. The average Bonchev–Trinajstić information content (AvgIpc) is 2.26. The Morgan fingerprint density at radius 2 is 1.79 bits per heavy atom. The maximum Gasteiger partial charge on any atom is 0.389 e. The van der Waals surface area contributed by atoms with Crippen molar-refractivity contribution in [2.45, 2.75) is 25.6 Å². The smallest absolute Gasteiger partial charge is 0.389 e. The minimum Gasteiger partial charge on any atom is -0.494 e. The largest absolute Gasteiger partial charge is 0.494 e. The Labute approximate surface area is 127 Å². The van der Waals surface area contributed by atoms with Gasteiger partial charge in [0.1, 0.15) is 5.75 Å². The predicted octanol–water partition coefficient (Wildman–Crippen LogP) is 4.65. The van der Waals surface area contributed by atoms with E-state index in [0.717, 1.165) is 14.5 Å². The molecule has 7 heteroatoms. The number of halogens is 5. The van der Waals surface area contributed by atoms with Gasteiger partial charge in [0.15, 0.2) is 0 Å². The first-order valence-electron chi connectivity index (χ1n) is 5.63. The lowest BCUT2D eigenvalue weighted by Crippen LogP contribution is -2.17. The molecule has 0 radical (unpaired) electrons. The highest BCUT2D eigenvalue weighted by Crippen LogP contribution is 2.34. The molecule has 2 nitrogen and oxygen atoms in total. The summed E-state index contributed by atoms with van der Waals surface area (Å²) in [7, 11) is 1.57. The van der Waals surface area contributed by atoms with Gasteiger partial charge in [0.05, 0.1) is 16.1 Å². The molecule has 0 amide bonds. The van der Waals surface area contributed by atoms with Gasteiger partial charge >= 0.3 is 6.18 Å². The third-order valence-electron chi connectivity index (χ3n) is 2.41. The molecule has 0 aliphatic carbocycles. The quantitative estimate of drug-likeness (QED) is 0.696. The van der Waals surface area contributed by atoms with Crippen LogP contribution in [0.4, 0.5) is 13.2 Å². The second-order valence-corrected chi connectivity index (χ2v) is 5.70. The number of hydrogen-bond acceptors (Lipinski definition) is 2. The minimum atomic E-state index is -4.08. The van der Waals surface area contributed by atoms with Gasteiger partial charge in [-0.1, -0.05) is 0 Å². The van der Waals surface area contributed by atoms with Crippen molar-refractivity contribution in [3.63, 3.8) is 0 Å². The maximum atomic E-state index is 11.9. The fourth-order valence-electron chi connectivity index (χ4n) is 1.56. The molecule has 0 spiro atoms. The predicted molar refractivity (Wildman–Crippen MR) is 75.4 cm³/mol. The molecule has 0 atom stereocenters. The molecule has 0 saturated carbocycles. The van der Waals surface area contributed by atoms with Crippen LogP contribution >= 0.6 is 31.9 Å². The lowest BCUT2D eigenvalue weighted by molar-refractivity contribution is -0.135. The summed E-state index contributed by atoms with van der Waals surface area (Å²) in [6, 6.07) is 3.75. The van der Waals surface area contributed by atoms with E-state index >= 15 is 0 Å². The molecule has 0 aliphatic heterocycles. The van der Waals surface area contributed by atoms with Crippen LogP contribution in [-0.2, 0) is 6.54 Å². The molecule has 0 unspecified atom stereocenters. The Hall–Kier alpha value is -0.270. The van der Waals surface area contributed by atoms with Crippen LogP contribution in [0.3, 0.4) is 0 Å². The molecule has 1 aromatic carbocycles. The van der Waals surface area contributed by atoms with Crippen LogP contribution in [0.15, 0.2) is 21.1 Å². The van der Waals surface area contributed by atoms with E-state index in [1.54, 1.807) is 7.11 Å². The fourth-order valence-corrected chi connectivity index (χ4v) is 3.16. The Morgan fingerprint density at radius 1 is 1.21 bits per heavy atom. The van der Waals surface area contributed by atoms with E-state index in [9.17, 15) is 13.2 Å². The number of benzene rings is 1. The lowest BCUT2D eigenvalue weighted by Gasteiger charge is -2.10. The van der Waals surface area contributed by atoms with Crippen molar-refractivity contribution in [1.29, 1.82) is 0 Å². The molecule has 0 fully saturated rings. The first-order chi connectivity index (χ1) is 8.83. The van der Waals surface area contributed by atoms with Gasteiger partial charge in [-0.2, -0.15) is 13.2 Å². The summed E-state index contributed by atoms with van der Waals surface area (Å²) in [5.74, 6) is 0.695. The average molecular weight is 405 g/mol. The molecule has 1 aromatic rings. The van der Waals surface area contributed by atoms with Crippen molar-refractivity contribution in [2.24, 2.45) is 0 Å². The van der Waals surface area contributed by atoms with Crippen LogP contribution in [0.5, 0.6) is 5.75 Å². The van der Waals surface area contributed by atoms with Crippen LogP contribution in [0, 0.1) is 0 Å². The van der Waals surface area contributed by atoms with Crippen LogP contribution in [0.25, 0.3) is 0 Å². The lowest BCUT2D eigenvalue weighted by atomic mass is 10.2. The van der Waals surface area contributed by atoms with Crippen molar-refractivity contribution in [1.82, 2.24) is 5.32 Å². The minimum absolute atomic E-state index is 0.0853. The van der Waals surface area contributed by atoms with Crippen LogP contribution in [0.1, 0.15) is 18.4 Å². The number of nitrogens with one attached hydrogen (secondary N) is 1. The van der Waals surface area contributed by atoms with Gasteiger partial charge in [0, 0.05) is 13.0 Å². The summed E-state index contributed by atoms with van der Waals surface area (Å²) in [5.41, 5.74) is 0.964. The second kappa shape index (κ2) is 7.50. The zero-order chi connectivity index (χ0) is 14.5. The van der Waals surface area contributed by atoms with Gasteiger partial charge in [0.25, 0.3) is 0 Å². The van der Waals surface area contributed by atoms with Crippen LogP contribution in [0.2, 0.25) is 0 Å². The summed E-state index contributed by atoms with van der Waals surface area (Å²) in [4.78, 5) is 0. The molecule has 0 saturated heterocycles. The molecular weight excluding hydrogens is 391 g/mol. The van der Waals surface area contributed by atoms with E-state index < -0.39 is 12.6 Å². The summed E-state index contributed by atoms with van der Waals surface area (Å²) in [6.07, 6.45) is -4.74. The number of hydrogen-bond donors (Lipinski definition) is 1. The third-order valence-corrected chi connectivity index (χ3v) is 3.58. The molecule has 19 heavy (non-hydrogen) atoms. The maximum absolute atomic E-state index is 11.9. The van der Waals surface area contributed by atoms with E-state index in [4.69, 9.17) is 4.74 Å².